The van der Waals surface area contributed by atoms with Crippen molar-refractivity contribution < 1.29 is 18.7 Å². The number of rotatable bonds is 14. The number of benzene rings is 1. The zero-order valence-electron chi connectivity index (χ0n) is 26.9. The molecular formula is C33H49FN4O3Si2. The monoisotopic (exact) mass is 624 g/mol. The fourth-order valence-corrected chi connectivity index (χ4v) is 7.93. The first-order valence-electron chi connectivity index (χ1n) is 15.9. The van der Waals surface area contributed by atoms with Crippen LogP contribution in [0.2, 0.25) is 51.4 Å². The van der Waals surface area contributed by atoms with Gasteiger partial charge in [-0.05, 0) is 60.9 Å². The maximum Gasteiger partial charge on any atom is 0.165 e. The van der Waals surface area contributed by atoms with Crippen molar-refractivity contribution in [3.8, 4) is 11.1 Å². The average Bonchev–Trinajstić information content (AvgIpc) is 3.52. The molecule has 2 aliphatic carbocycles. The molecule has 10 heteroatoms. The van der Waals surface area contributed by atoms with E-state index < -0.39 is 22.0 Å². The molecular weight excluding hydrogens is 576 g/mol. The minimum absolute atomic E-state index is 0.0457. The highest BCUT2D eigenvalue weighted by Crippen LogP contribution is 2.48. The Kier molecular flexibility index (Phi) is 9.90. The first-order chi connectivity index (χ1) is 20.4. The lowest BCUT2D eigenvalue weighted by atomic mass is 9.79. The van der Waals surface area contributed by atoms with E-state index in [0.717, 1.165) is 53.8 Å². The Labute approximate surface area is 258 Å². The maximum absolute atomic E-state index is 14.7. The molecule has 0 spiro atoms. The van der Waals surface area contributed by atoms with E-state index in [2.05, 4.69) is 50.2 Å². The Morgan fingerprint density at radius 1 is 0.953 bits per heavy atom. The van der Waals surface area contributed by atoms with Gasteiger partial charge in [0.25, 0.3) is 0 Å². The van der Waals surface area contributed by atoms with Crippen LogP contribution in [0.1, 0.15) is 54.1 Å². The molecule has 0 aliphatic heterocycles. The minimum atomic E-state index is -1.24. The SMILES string of the molecule is C[Si](C)(C)CCOCN(COCC[Si](C)(C)C)c1cc([C@H]2C[C@@H]3CC[C@@H](C3)C2)nc2c(-c3ccc(C=O)c(F)c3)cnn12. The van der Waals surface area contributed by atoms with E-state index >= 15 is 0 Å². The molecule has 0 N–H and O–H groups in total. The number of halogens is 1. The average molecular weight is 625 g/mol. The Hall–Kier alpha value is -2.41. The Morgan fingerprint density at radius 3 is 2.14 bits per heavy atom. The summed E-state index contributed by atoms with van der Waals surface area (Å²) < 4.78 is 29.1. The number of carbonyl (C=O) groups is 1. The van der Waals surface area contributed by atoms with E-state index in [9.17, 15) is 9.18 Å². The number of hydrogen-bond acceptors (Lipinski definition) is 6. The Bertz CT molecular complexity index is 1380. The predicted octanol–water partition coefficient (Wildman–Crippen LogP) is 8.07. The van der Waals surface area contributed by atoms with Crippen LogP contribution in [-0.4, -0.2) is 63.7 Å². The van der Waals surface area contributed by atoms with Gasteiger partial charge in [0.05, 0.1) is 11.8 Å². The molecule has 234 valence electrons. The molecule has 0 unspecified atom stereocenters. The number of fused-ring (bicyclic) bond motifs is 3. The summed E-state index contributed by atoms with van der Waals surface area (Å²) in [5, 5.41) is 4.77. The number of ether oxygens (including phenoxy) is 2. The van der Waals surface area contributed by atoms with E-state index in [-0.39, 0.29) is 5.56 Å². The number of aromatic nitrogens is 3. The molecule has 2 heterocycles. The first kappa shape index (κ1) is 32.0. The maximum atomic E-state index is 14.7. The van der Waals surface area contributed by atoms with Gasteiger partial charge in [0, 0.05) is 52.6 Å². The summed E-state index contributed by atoms with van der Waals surface area (Å²) in [5.74, 6) is 2.26. The molecule has 2 aliphatic rings. The third kappa shape index (κ3) is 8.20. The van der Waals surface area contributed by atoms with Gasteiger partial charge in [-0.25, -0.2) is 9.37 Å². The van der Waals surface area contributed by atoms with Gasteiger partial charge < -0.3 is 14.4 Å². The number of hydrogen-bond donors (Lipinski definition) is 0. The summed E-state index contributed by atoms with van der Waals surface area (Å²) in [7, 11) is -2.48. The van der Waals surface area contributed by atoms with Gasteiger partial charge in [-0.1, -0.05) is 58.2 Å². The number of aldehydes is 1. The highest BCUT2D eigenvalue weighted by atomic mass is 28.3. The van der Waals surface area contributed by atoms with Gasteiger partial charge in [-0.2, -0.15) is 9.61 Å². The molecule has 0 amide bonds. The summed E-state index contributed by atoms with van der Waals surface area (Å²) >= 11 is 0. The smallest absolute Gasteiger partial charge is 0.165 e. The molecule has 3 aromatic rings. The lowest BCUT2D eigenvalue weighted by molar-refractivity contribution is 0.0942. The normalized spacial score (nSPS) is 20.6. The molecule has 2 aromatic heterocycles. The van der Waals surface area contributed by atoms with Crippen LogP contribution in [0.15, 0.2) is 30.5 Å². The molecule has 2 saturated carbocycles. The molecule has 1 aromatic carbocycles. The van der Waals surface area contributed by atoms with Crippen molar-refractivity contribution in [1.82, 2.24) is 14.6 Å². The molecule has 3 atom stereocenters. The molecule has 43 heavy (non-hydrogen) atoms. The summed E-state index contributed by atoms with van der Waals surface area (Å²) in [5.41, 5.74) is 3.21. The zero-order valence-corrected chi connectivity index (χ0v) is 28.9. The number of nitrogens with zero attached hydrogens (tertiary/aromatic N) is 4. The fraction of sp³-hybridized carbons (Fsp3) is 0.606. The predicted molar refractivity (Wildman–Crippen MR) is 177 cm³/mol. The quantitative estimate of drug-likeness (QED) is 0.0782. The summed E-state index contributed by atoms with van der Waals surface area (Å²) in [6.45, 7) is 16.4. The van der Waals surface area contributed by atoms with Gasteiger partial charge >= 0.3 is 0 Å². The third-order valence-electron chi connectivity index (χ3n) is 9.03. The van der Waals surface area contributed by atoms with E-state index in [0.29, 0.717) is 50.1 Å². The first-order valence-corrected chi connectivity index (χ1v) is 23.4. The van der Waals surface area contributed by atoms with Crippen LogP contribution in [0.25, 0.3) is 16.8 Å². The van der Waals surface area contributed by atoms with Crippen LogP contribution in [0.4, 0.5) is 10.2 Å². The lowest BCUT2D eigenvalue weighted by Crippen LogP contribution is -2.33. The van der Waals surface area contributed by atoms with Crippen molar-refractivity contribution in [2.24, 2.45) is 11.8 Å². The van der Waals surface area contributed by atoms with Crippen LogP contribution in [-0.2, 0) is 9.47 Å². The van der Waals surface area contributed by atoms with Crippen LogP contribution in [0.3, 0.4) is 0 Å². The van der Waals surface area contributed by atoms with Crippen molar-refractivity contribution in [1.29, 1.82) is 0 Å². The summed E-state index contributed by atoms with van der Waals surface area (Å²) in [6, 6.07) is 9.08. The van der Waals surface area contributed by atoms with Crippen molar-refractivity contribution in [2.75, 3.05) is 31.6 Å². The Balaban J connectivity index is 1.53. The third-order valence-corrected chi connectivity index (χ3v) is 12.4. The Morgan fingerprint density at radius 2 is 1.58 bits per heavy atom. The number of anilines is 1. The molecule has 0 saturated heterocycles. The molecule has 7 nitrogen and oxygen atoms in total. The van der Waals surface area contributed by atoms with Crippen molar-refractivity contribution in [3.63, 3.8) is 0 Å². The summed E-state index contributed by atoms with van der Waals surface area (Å²) in [6.07, 6.45) is 8.59. The molecule has 5 rings (SSSR count). The molecule has 0 radical (unpaired) electrons. The van der Waals surface area contributed by atoms with Crippen molar-refractivity contribution >= 4 is 33.9 Å². The van der Waals surface area contributed by atoms with Gasteiger partial charge in [-0.15, -0.1) is 0 Å². The van der Waals surface area contributed by atoms with E-state index in [1.165, 1.54) is 31.4 Å². The highest BCUT2D eigenvalue weighted by molar-refractivity contribution is 6.76. The van der Waals surface area contributed by atoms with Crippen LogP contribution < -0.4 is 4.90 Å². The van der Waals surface area contributed by atoms with E-state index in [4.69, 9.17) is 19.6 Å². The summed E-state index contributed by atoms with van der Waals surface area (Å²) in [4.78, 5) is 18.6. The van der Waals surface area contributed by atoms with Crippen LogP contribution in [0, 0.1) is 17.7 Å². The van der Waals surface area contributed by atoms with Crippen molar-refractivity contribution in [3.05, 3.63) is 47.5 Å². The van der Waals surface area contributed by atoms with Crippen LogP contribution >= 0.6 is 0 Å². The van der Waals surface area contributed by atoms with Crippen LogP contribution in [0.5, 0.6) is 0 Å². The second-order valence-electron chi connectivity index (χ2n) is 15.1. The molecule has 2 bridgehead atoms. The largest absolute Gasteiger partial charge is 0.361 e. The van der Waals surface area contributed by atoms with Gasteiger partial charge in [0.1, 0.15) is 25.1 Å². The van der Waals surface area contributed by atoms with Gasteiger partial charge in [0.2, 0.25) is 0 Å². The van der Waals surface area contributed by atoms with Gasteiger partial charge in [-0.3, -0.25) is 4.79 Å². The van der Waals surface area contributed by atoms with E-state index in [1.807, 2.05) is 4.52 Å². The second-order valence-corrected chi connectivity index (χ2v) is 26.4. The lowest BCUT2D eigenvalue weighted by Gasteiger charge is -2.30. The van der Waals surface area contributed by atoms with Gasteiger partial charge in [0.15, 0.2) is 11.9 Å². The molecule has 2 fully saturated rings. The fourth-order valence-electron chi connectivity index (χ4n) is 6.42. The van der Waals surface area contributed by atoms with E-state index in [1.54, 1.807) is 12.3 Å². The number of carbonyl (C=O) groups excluding carboxylic acids is 1. The highest BCUT2D eigenvalue weighted by Gasteiger charge is 2.36. The topological polar surface area (TPSA) is 69.0 Å². The minimum Gasteiger partial charge on any atom is -0.361 e. The zero-order chi connectivity index (χ0) is 30.8. The standard InChI is InChI=1S/C33H49FN4O3Si2/c1-42(2,3)13-11-40-22-37(23-41-12-14-43(4,5)6)32-19-31(28-16-24-7-8-25(15-24)17-28)36-33-29(20-35-38(32)33)26-9-10-27(21-39)30(34)18-26/h9-10,18-21,24-25,28H,7-8,11-17,22-23H2,1-6H3/t24-,25+,28+. The van der Waals surface area contributed by atoms with Crippen molar-refractivity contribution in [2.45, 2.75) is 89.4 Å². The second kappa shape index (κ2) is 13.3.